The van der Waals surface area contributed by atoms with Crippen LogP contribution in [-0.2, 0) is 4.79 Å². The number of benzene rings is 1. The molecule has 1 aromatic carbocycles. The summed E-state index contributed by atoms with van der Waals surface area (Å²) in [4.78, 5) is 12.6. The van der Waals surface area contributed by atoms with E-state index < -0.39 is 0 Å². The molecule has 0 aromatic heterocycles. The molecule has 1 amide bonds. The molecule has 1 unspecified atom stereocenters. The lowest BCUT2D eigenvalue weighted by Crippen LogP contribution is -2.55. The average molecular weight is 395 g/mol. The van der Waals surface area contributed by atoms with Gasteiger partial charge < -0.3 is 14.8 Å². The molecule has 0 aliphatic heterocycles. The third kappa shape index (κ3) is 4.12. The Labute approximate surface area is 173 Å². The zero-order valence-electron chi connectivity index (χ0n) is 17.3. The van der Waals surface area contributed by atoms with E-state index in [9.17, 15) is 4.79 Å². The van der Waals surface area contributed by atoms with E-state index in [0.717, 1.165) is 23.3 Å². The van der Waals surface area contributed by atoms with E-state index in [1.165, 1.54) is 38.5 Å². The third-order valence-corrected chi connectivity index (χ3v) is 7.27. The fourth-order valence-electron chi connectivity index (χ4n) is 6.31. The van der Waals surface area contributed by atoms with Crippen molar-refractivity contribution in [3.63, 3.8) is 0 Å². The van der Waals surface area contributed by atoms with Gasteiger partial charge >= 0.3 is 0 Å². The Bertz CT molecular complexity index is 804. The number of hydrogen-bond acceptors (Lipinski definition) is 4. The quantitative estimate of drug-likeness (QED) is 0.699. The standard InChI is InChI=1S/C24H30N2O3/c1-16(24-13-18-9-19(14-24)11-20(10-18)15-24)26-23(27)6-4-17-3-5-21(29-8-7-25)22(12-17)28-2/h3-6,12,16,18-20H,8-11,13-15H2,1-2H3,(H,26,27)/b6-4+. The van der Waals surface area contributed by atoms with Gasteiger partial charge in [0, 0.05) is 12.1 Å². The molecule has 1 aromatic rings. The lowest BCUT2D eigenvalue weighted by atomic mass is 9.48. The Morgan fingerprint density at radius 3 is 2.48 bits per heavy atom. The van der Waals surface area contributed by atoms with Gasteiger partial charge in [0.05, 0.1) is 7.11 Å². The Morgan fingerprint density at radius 2 is 1.90 bits per heavy atom. The molecule has 154 valence electrons. The number of nitrogens with one attached hydrogen (secondary N) is 1. The molecule has 4 fully saturated rings. The van der Waals surface area contributed by atoms with E-state index in [0.29, 0.717) is 16.9 Å². The first-order chi connectivity index (χ1) is 14.0. The van der Waals surface area contributed by atoms with Crippen molar-refractivity contribution in [2.75, 3.05) is 13.7 Å². The van der Waals surface area contributed by atoms with Gasteiger partial charge in [0.25, 0.3) is 0 Å². The summed E-state index contributed by atoms with van der Waals surface area (Å²) in [6, 6.07) is 7.56. The molecule has 4 saturated carbocycles. The van der Waals surface area contributed by atoms with Crippen LogP contribution in [0.3, 0.4) is 0 Å². The molecule has 0 heterocycles. The number of nitrogens with zero attached hydrogens (tertiary/aromatic N) is 1. The van der Waals surface area contributed by atoms with E-state index in [1.807, 2.05) is 12.1 Å². The number of ether oxygens (including phenoxy) is 2. The number of methoxy groups -OCH3 is 1. The van der Waals surface area contributed by atoms with E-state index in [1.54, 1.807) is 31.4 Å². The average Bonchev–Trinajstić information content (AvgIpc) is 2.70. The molecular formula is C24H30N2O3. The molecule has 29 heavy (non-hydrogen) atoms. The van der Waals surface area contributed by atoms with Crippen molar-refractivity contribution in [2.24, 2.45) is 23.2 Å². The summed E-state index contributed by atoms with van der Waals surface area (Å²) in [6.45, 7) is 2.17. The van der Waals surface area contributed by atoms with E-state index in [-0.39, 0.29) is 18.6 Å². The van der Waals surface area contributed by atoms with Crippen molar-refractivity contribution < 1.29 is 14.3 Å². The molecule has 4 bridgehead atoms. The second-order valence-corrected chi connectivity index (χ2v) is 9.20. The van der Waals surface area contributed by atoms with Gasteiger partial charge in [-0.1, -0.05) is 6.07 Å². The number of carbonyl (C=O) groups excluding carboxylic acids is 1. The predicted octanol–water partition coefficient (Wildman–Crippen LogP) is 4.33. The summed E-state index contributed by atoms with van der Waals surface area (Å²) in [5, 5.41) is 11.9. The van der Waals surface area contributed by atoms with Crippen LogP contribution in [0.1, 0.15) is 51.0 Å². The smallest absolute Gasteiger partial charge is 0.244 e. The largest absolute Gasteiger partial charge is 0.493 e. The molecule has 4 aliphatic rings. The van der Waals surface area contributed by atoms with E-state index >= 15 is 0 Å². The lowest BCUT2D eigenvalue weighted by Gasteiger charge is -2.59. The van der Waals surface area contributed by atoms with Crippen LogP contribution < -0.4 is 14.8 Å². The van der Waals surface area contributed by atoms with E-state index in [2.05, 4.69) is 12.2 Å². The third-order valence-electron chi connectivity index (χ3n) is 7.27. The second kappa shape index (κ2) is 8.10. The van der Waals surface area contributed by atoms with Crippen molar-refractivity contribution in [2.45, 2.75) is 51.5 Å². The van der Waals surface area contributed by atoms with Gasteiger partial charge in [-0.2, -0.15) is 5.26 Å². The fraction of sp³-hybridized carbons (Fsp3) is 0.583. The number of rotatable bonds is 7. The maximum absolute atomic E-state index is 12.6. The molecule has 0 spiro atoms. The van der Waals surface area contributed by atoms with Gasteiger partial charge in [-0.3, -0.25) is 4.79 Å². The lowest BCUT2D eigenvalue weighted by molar-refractivity contribution is -0.121. The maximum atomic E-state index is 12.6. The first-order valence-electron chi connectivity index (χ1n) is 10.7. The summed E-state index contributed by atoms with van der Waals surface area (Å²) in [7, 11) is 1.56. The Morgan fingerprint density at radius 1 is 1.24 bits per heavy atom. The summed E-state index contributed by atoms with van der Waals surface area (Å²) < 4.78 is 10.7. The fourth-order valence-corrected chi connectivity index (χ4v) is 6.31. The van der Waals surface area contributed by atoms with Crippen LogP contribution in [0, 0.1) is 34.5 Å². The number of amides is 1. The minimum Gasteiger partial charge on any atom is -0.493 e. The number of carbonyl (C=O) groups is 1. The topological polar surface area (TPSA) is 71.3 Å². The summed E-state index contributed by atoms with van der Waals surface area (Å²) >= 11 is 0. The normalized spacial score (nSPS) is 30.7. The second-order valence-electron chi connectivity index (χ2n) is 9.20. The molecule has 4 aliphatic carbocycles. The van der Waals surface area contributed by atoms with Crippen LogP contribution in [-0.4, -0.2) is 25.7 Å². The molecule has 1 N–H and O–H groups in total. The minimum atomic E-state index is -0.0444. The monoisotopic (exact) mass is 394 g/mol. The summed E-state index contributed by atoms with van der Waals surface area (Å²) in [5.74, 6) is 3.66. The van der Waals surface area contributed by atoms with Crippen LogP contribution in [0.2, 0.25) is 0 Å². The first kappa shape index (κ1) is 19.8. The zero-order chi connectivity index (χ0) is 20.4. The van der Waals surface area contributed by atoms with E-state index in [4.69, 9.17) is 14.7 Å². The minimum absolute atomic E-state index is 0.0316. The van der Waals surface area contributed by atoms with Crippen molar-refractivity contribution in [1.29, 1.82) is 5.26 Å². The maximum Gasteiger partial charge on any atom is 0.244 e. The van der Waals surface area contributed by atoms with Crippen molar-refractivity contribution in [3.05, 3.63) is 29.8 Å². The van der Waals surface area contributed by atoms with Crippen LogP contribution in [0.15, 0.2) is 24.3 Å². The molecule has 0 radical (unpaired) electrons. The molecule has 5 heteroatoms. The van der Waals surface area contributed by atoms with Gasteiger partial charge in [-0.25, -0.2) is 0 Å². The van der Waals surface area contributed by atoms with Crippen LogP contribution in [0.25, 0.3) is 6.08 Å². The Balaban J connectivity index is 1.38. The number of nitriles is 1. The summed E-state index contributed by atoms with van der Waals surface area (Å²) in [6.07, 6.45) is 11.5. The van der Waals surface area contributed by atoms with Crippen molar-refractivity contribution >= 4 is 12.0 Å². The van der Waals surface area contributed by atoms with Crippen LogP contribution >= 0.6 is 0 Å². The van der Waals surface area contributed by atoms with Crippen molar-refractivity contribution in [3.8, 4) is 17.6 Å². The van der Waals surface area contributed by atoms with Gasteiger partial charge in [0.15, 0.2) is 18.1 Å². The van der Waals surface area contributed by atoms with Crippen LogP contribution in [0.5, 0.6) is 11.5 Å². The summed E-state index contributed by atoms with van der Waals surface area (Å²) in [5.41, 5.74) is 1.16. The Hall–Kier alpha value is -2.48. The van der Waals surface area contributed by atoms with Gasteiger partial charge in [0.2, 0.25) is 5.91 Å². The molecule has 1 atom stereocenters. The molecular weight excluding hydrogens is 364 g/mol. The van der Waals surface area contributed by atoms with Gasteiger partial charge in [-0.05, 0) is 92.4 Å². The highest BCUT2D eigenvalue weighted by Gasteiger charge is 2.53. The Kier molecular flexibility index (Phi) is 5.54. The first-order valence-corrected chi connectivity index (χ1v) is 10.7. The predicted molar refractivity (Wildman–Crippen MR) is 111 cm³/mol. The highest BCUT2D eigenvalue weighted by Crippen LogP contribution is 2.61. The molecule has 0 saturated heterocycles. The van der Waals surface area contributed by atoms with Gasteiger partial charge in [0.1, 0.15) is 6.07 Å². The highest BCUT2D eigenvalue weighted by molar-refractivity contribution is 5.92. The van der Waals surface area contributed by atoms with Gasteiger partial charge in [-0.15, -0.1) is 0 Å². The SMILES string of the molecule is COc1cc(/C=C/C(=O)NC(C)C23CC4CC(CC(C4)C2)C3)ccc1OCC#N. The molecule has 5 nitrogen and oxygen atoms in total. The highest BCUT2D eigenvalue weighted by atomic mass is 16.5. The molecule has 5 rings (SSSR count). The van der Waals surface area contributed by atoms with Crippen molar-refractivity contribution in [1.82, 2.24) is 5.32 Å². The van der Waals surface area contributed by atoms with Crippen LogP contribution in [0.4, 0.5) is 0 Å². The zero-order valence-corrected chi connectivity index (χ0v) is 17.3. The number of hydrogen-bond donors (Lipinski definition) is 1.